The van der Waals surface area contributed by atoms with Crippen molar-refractivity contribution in [2.75, 3.05) is 24.7 Å². The lowest BCUT2D eigenvalue weighted by Gasteiger charge is -2.05. The van der Waals surface area contributed by atoms with Gasteiger partial charge in [-0.2, -0.15) is 11.8 Å². The first kappa shape index (κ1) is 10.2. The summed E-state index contributed by atoms with van der Waals surface area (Å²) in [7, 11) is 0. The van der Waals surface area contributed by atoms with Crippen LogP contribution in [0.1, 0.15) is 13.3 Å². The largest absolute Gasteiger partial charge is 0.330 e. The van der Waals surface area contributed by atoms with Crippen LogP contribution in [-0.4, -0.2) is 24.7 Å². The molecule has 0 aromatic rings. The summed E-state index contributed by atoms with van der Waals surface area (Å²) >= 11 is 1.79. The summed E-state index contributed by atoms with van der Waals surface area (Å²) in [6.45, 7) is 2.66. The average Bonchev–Trinajstić information content (AvgIpc) is 1.98. The Balaban J connectivity index is 2.89. The van der Waals surface area contributed by atoms with E-state index < -0.39 is 0 Å². The molecule has 3 heteroatoms. The Morgan fingerprint density at radius 2 is 2.30 bits per heavy atom. The van der Waals surface area contributed by atoms with E-state index in [1.165, 1.54) is 0 Å². The Hall–Kier alpha value is 0.240. The van der Waals surface area contributed by atoms with Crippen LogP contribution < -0.4 is 5.73 Å². The lowest BCUT2D eigenvalue weighted by molar-refractivity contribution is 0.489. The molecule has 1 unspecified atom stereocenters. The molecule has 0 aromatic heterocycles. The van der Waals surface area contributed by atoms with Crippen LogP contribution in [0.3, 0.4) is 0 Å². The van der Waals surface area contributed by atoms with Crippen molar-refractivity contribution < 1.29 is 4.39 Å². The molecule has 2 N–H and O–H groups in total. The molecule has 1 atom stereocenters. The van der Waals surface area contributed by atoms with Gasteiger partial charge in [-0.1, -0.05) is 6.92 Å². The third-order valence-electron chi connectivity index (χ3n) is 1.23. The third kappa shape index (κ3) is 6.36. The monoisotopic (exact) mass is 165 g/mol. The lowest BCUT2D eigenvalue weighted by Crippen LogP contribution is -2.12. The minimum absolute atomic E-state index is 0.190. The molecule has 0 aliphatic heterocycles. The van der Waals surface area contributed by atoms with Crippen LogP contribution >= 0.6 is 11.8 Å². The smallest absolute Gasteiger partial charge is 0.0902 e. The molecule has 0 heterocycles. The molecule has 0 aliphatic carbocycles. The molecule has 0 amide bonds. The van der Waals surface area contributed by atoms with Gasteiger partial charge in [-0.25, -0.2) is 0 Å². The SMILES string of the molecule is CC(CN)CSCCCF. The second kappa shape index (κ2) is 7.35. The zero-order valence-electron chi connectivity index (χ0n) is 6.48. The van der Waals surface area contributed by atoms with Crippen LogP contribution in [0.5, 0.6) is 0 Å². The average molecular weight is 165 g/mol. The van der Waals surface area contributed by atoms with Gasteiger partial charge < -0.3 is 5.73 Å². The Kier molecular flexibility index (Phi) is 7.52. The standard InChI is InChI=1S/C7H16FNS/c1-7(5-9)6-10-4-2-3-8/h7H,2-6,9H2,1H3. The molecule has 0 bridgehead atoms. The summed E-state index contributed by atoms with van der Waals surface area (Å²) in [6, 6.07) is 0. The van der Waals surface area contributed by atoms with Crippen LogP contribution in [0.25, 0.3) is 0 Å². The van der Waals surface area contributed by atoms with Crippen molar-refractivity contribution in [3.63, 3.8) is 0 Å². The number of hydrogen-bond donors (Lipinski definition) is 1. The minimum Gasteiger partial charge on any atom is -0.330 e. The van der Waals surface area contributed by atoms with E-state index in [-0.39, 0.29) is 6.67 Å². The zero-order valence-corrected chi connectivity index (χ0v) is 7.29. The molecule has 0 saturated heterocycles. The summed E-state index contributed by atoms with van der Waals surface area (Å²) in [4.78, 5) is 0. The molecule has 0 saturated carbocycles. The fraction of sp³-hybridized carbons (Fsp3) is 1.00. The summed E-state index contributed by atoms with van der Waals surface area (Å²) in [6.07, 6.45) is 0.682. The predicted octanol–water partition coefficient (Wildman–Crippen LogP) is 1.67. The Bertz CT molecular complexity index is 70.6. The molecule has 62 valence electrons. The van der Waals surface area contributed by atoms with Gasteiger partial charge in [-0.15, -0.1) is 0 Å². The maximum Gasteiger partial charge on any atom is 0.0902 e. The number of nitrogens with two attached hydrogens (primary N) is 1. The van der Waals surface area contributed by atoms with Crippen molar-refractivity contribution in [2.45, 2.75) is 13.3 Å². The summed E-state index contributed by atoms with van der Waals surface area (Å²) in [5.41, 5.74) is 5.40. The zero-order chi connectivity index (χ0) is 7.82. The number of rotatable bonds is 6. The molecule has 0 spiro atoms. The second-order valence-corrected chi connectivity index (χ2v) is 3.61. The molecule has 0 rings (SSSR count). The fourth-order valence-electron chi connectivity index (χ4n) is 0.509. The van der Waals surface area contributed by atoms with Gasteiger partial charge in [-0.3, -0.25) is 4.39 Å². The topological polar surface area (TPSA) is 26.0 Å². The molecule has 10 heavy (non-hydrogen) atoms. The maximum atomic E-state index is 11.6. The highest BCUT2D eigenvalue weighted by molar-refractivity contribution is 7.99. The third-order valence-corrected chi connectivity index (χ3v) is 2.61. The Morgan fingerprint density at radius 3 is 2.80 bits per heavy atom. The second-order valence-electron chi connectivity index (χ2n) is 2.46. The van der Waals surface area contributed by atoms with E-state index in [2.05, 4.69) is 6.92 Å². The maximum absolute atomic E-state index is 11.6. The highest BCUT2D eigenvalue weighted by atomic mass is 32.2. The lowest BCUT2D eigenvalue weighted by atomic mass is 10.2. The van der Waals surface area contributed by atoms with Crippen LogP contribution in [0.15, 0.2) is 0 Å². The molecule has 0 aliphatic rings. The fourth-order valence-corrected chi connectivity index (χ4v) is 1.53. The minimum atomic E-state index is -0.190. The van der Waals surface area contributed by atoms with E-state index in [1.54, 1.807) is 11.8 Å². The predicted molar refractivity (Wildman–Crippen MR) is 46.1 cm³/mol. The number of halogens is 1. The van der Waals surface area contributed by atoms with Gasteiger partial charge in [0.1, 0.15) is 0 Å². The van der Waals surface area contributed by atoms with E-state index >= 15 is 0 Å². The van der Waals surface area contributed by atoms with E-state index in [4.69, 9.17) is 5.73 Å². The molecule has 0 fully saturated rings. The van der Waals surface area contributed by atoms with Gasteiger partial charge >= 0.3 is 0 Å². The number of thioether (sulfide) groups is 1. The van der Waals surface area contributed by atoms with Crippen molar-refractivity contribution in [1.29, 1.82) is 0 Å². The Labute approximate surface area is 66.6 Å². The van der Waals surface area contributed by atoms with Gasteiger partial charge in [0.15, 0.2) is 0 Å². The normalized spacial score (nSPS) is 13.5. The van der Waals surface area contributed by atoms with Crippen LogP contribution in [0.4, 0.5) is 4.39 Å². The van der Waals surface area contributed by atoms with Gasteiger partial charge in [0.2, 0.25) is 0 Å². The number of alkyl halides is 1. The highest BCUT2D eigenvalue weighted by Gasteiger charge is 1.97. The van der Waals surface area contributed by atoms with Gasteiger partial charge in [0, 0.05) is 0 Å². The van der Waals surface area contributed by atoms with Gasteiger partial charge in [0.05, 0.1) is 6.67 Å². The van der Waals surface area contributed by atoms with Crippen LogP contribution in [0, 0.1) is 5.92 Å². The summed E-state index contributed by atoms with van der Waals surface area (Å²) in [5.74, 6) is 2.57. The van der Waals surface area contributed by atoms with Crippen molar-refractivity contribution in [3.8, 4) is 0 Å². The van der Waals surface area contributed by atoms with Crippen LogP contribution in [-0.2, 0) is 0 Å². The van der Waals surface area contributed by atoms with Crippen molar-refractivity contribution in [2.24, 2.45) is 11.7 Å². The molecular weight excluding hydrogens is 149 g/mol. The van der Waals surface area contributed by atoms with E-state index in [0.29, 0.717) is 12.3 Å². The first-order chi connectivity index (χ1) is 4.81. The van der Waals surface area contributed by atoms with E-state index in [9.17, 15) is 4.39 Å². The summed E-state index contributed by atoms with van der Waals surface area (Å²) < 4.78 is 11.6. The molecular formula is C7H16FNS. The first-order valence-corrected chi connectivity index (χ1v) is 4.80. The van der Waals surface area contributed by atoms with Crippen LogP contribution in [0.2, 0.25) is 0 Å². The Morgan fingerprint density at radius 1 is 1.60 bits per heavy atom. The van der Waals surface area contributed by atoms with Crippen molar-refractivity contribution in [3.05, 3.63) is 0 Å². The van der Waals surface area contributed by atoms with Gasteiger partial charge in [0.25, 0.3) is 0 Å². The molecule has 0 radical (unpaired) electrons. The first-order valence-electron chi connectivity index (χ1n) is 3.65. The molecule has 0 aromatic carbocycles. The van der Waals surface area contributed by atoms with Crippen molar-refractivity contribution in [1.82, 2.24) is 0 Å². The van der Waals surface area contributed by atoms with E-state index in [0.717, 1.165) is 18.1 Å². The highest BCUT2D eigenvalue weighted by Crippen LogP contribution is 2.07. The summed E-state index contributed by atoms with van der Waals surface area (Å²) in [5, 5.41) is 0. The van der Waals surface area contributed by atoms with Crippen molar-refractivity contribution >= 4 is 11.8 Å². The van der Waals surface area contributed by atoms with E-state index in [1.807, 2.05) is 0 Å². The number of hydrogen-bond acceptors (Lipinski definition) is 2. The molecule has 1 nitrogen and oxygen atoms in total. The quantitative estimate of drug-likeness (QED) is 0.606. The van der Waals surface area contributed by atoms with Gasteiger partial charge in [-0.05, 0) is 30.4 Å².